The van der Waals surface area contributed by atoms with Crippen molar-refractivity contribution >= 4 is 17.5 Å². The van der Waals surface area contributed by atoms with Crippen LogP contribution in [-0.2, 0) is 9.59 Å². The Hall–Kier alpha value is -2.08. The largest absolute Gasteiger partial charge is 0.479 e. The van der Waals surface area contributed by atoms with Crippen molar-refractivity contribution in [2.75, 3.05) is 11.4 Å². The van der Waals surface area contributed by atoms with Crippen molar-refractivity contribution in [1.82, 2.24) is 5.43 Å². The third-order valence-corrected chi connectivity index (χ3v) is 3.52. The summed E-state index contributed by atoms with van der Waals surface area (Å²) in [6.45, 7) is 2.39. The molecule has 6 heteroatoms. The van der Waals surface area contributed by atoms with E-state index < -0.39 is 6.10 Å². The smallest absolute Gasteiger partial charge is 0.267 e. The molecule has 2 rings (SSSR count). The van der Waals surface area contributed by atoms with Crippen molar-refractivity contribution in [3.8, 4) is 5.75 Å². The first kappa shape index (κ1) is 15.3. The third kappa shape index (κ3) is 3.72. The molecule has 0 fully saturated rings. The van der Waals surface area contributed by atoms with Gasteiger partial charge in [-0.1, -0.05) is 18.6 Å². The van der Waals surface area contributed by atoms with Gasteiger partial charge in [0.2, 0.25) is 5.91 Å². The topological polar surface area (TPSA) is 84.7 Å². The number of hydrogen-bond acceptors (Lipinski definition) is 4. The maximum atomic E-state index is 12.2. The van der Waals surface area contributed by atoms with Gasteiger partial charge in [0.1, 0.15) is 5.75 Å². The van der Waals surface area contributed by atoms with E-state index in [4.69, 9.17) is 10.6 Å². The summed E-state index contributed by atoms with van der Waals surface area (Å²) < 4.78 is 5.59. The lowest BCUT2D eigenvalue weighted by molar-refractivity contribution is -0.125. The van der Waals surface area contributed by atoms with E-state index in [1.54, 1.807) is 11.8 Å². The summed E-state index contributed by atoms with van der Waals surface area (Å²) in [7, 11) is 0. The first-order chi connectivity index (χ1) is 10.1. The second-order valence-electron chi connectivity index (χ2n) is 5.10. The number of para-hydroxylation sites is 2. The number of carbonyl (C=O) groups excluding carboxylic acids is 2. The van der Waals surface area contributed by atoms with Crippen LogP contribution in [0.5, 0.6) is 5.75 Å². The molecule has 0 aliphatic carbocycles. The van der Waals surface area contributed by atoms with Crippen LogP contribution in [0.25, 0.3) is 0 Å². The van der Waals surface area contributed by atoms with Gasteiger partial charge in [0.25, 0.3) is 5.91 Å². The second kappa shape index (κ2) is 7.08. The average molecular weight is 291 g/mol. The highest BCUT2D eigenvalue weighted by molar-refractivity contribution is 5.99. The van der Waals surface area contributed by atoms with Crippen molar-refractivity contribution in [2.45, 2.75) is 38.7 Å². The van der Waals surface area contributed by atoms with Crippen molar-refractivity contribution in [1.29, 1.82) is 0 Å². The van der Waals surface area contributed by atoms with Crippen LogP contribution in [0.2, 0.25) is 0 Å². The molecule has 0 radical (unpaired) electrons. The quantitative estimate of drug-likeness (QED) is 0.358. The number of ether oxygens (including phenoxy) is 1. The van der Waals surface area contributed by atoms with E-state index in [9.17, 15) is 9.59 Å². The molecule has 1 unspecified atom stereocenters. The minimum absolute atomic E-state index is 0.0200. The summed E-state index contributed by atoms with van der Waals surface area (Å²) in [6.07, 6.45) is 2.43. The monoisotopic (exact) mass is 291 g/mol. The summed E-state index contributed by atoms with van der Waals surface area (Å²) in [5.74, 6) is 5.59. The molecule has 2 amide bonds. The maximum Gasteiger partial charge on any atom is 0.267 e. The van der Waals surface area contributed by atoms with E-state index in [0.29, 0.717) is 13.0 Å². The Morgan fingerprint density at radius 1 is 1.33 bits per heavy atom. The molecule has 6 nitrogen and oxygen atoms in total. The lowest BCUT2D eigenvalue weighted by atomic mass is 10.1. The number of nitrogens with one attached hydrogen (secondary N) is 1. The number of hydrazine groups is 1. The SMILES string of the molecule is CC1Oc2ccccc2N(CCCCCC(=O)NN)C1=O. The van der Waals surface area contributed by atoms with Gasteiger partial charge in [0.05, 0.1) is 5.69 Å². The van der Waals surface area contributed by atoms with E-state index in [-0.39, 0.29) is 11.8 Å². The molecule has 0 aromatic heterocycles. The number of benzene rings is 1. The minimum Gasteiger partial charge on any atom is -0.479 e. The van der Waals surface area contributed by atoms with Gasteiger partial charge in [-0.2, -0.15) is 0 Å². The van der Waals surface area contributed by atoms with Gasteiger partial charge in [-0.3, -0.25) is 15.0 Å². The summed E-state index contributed by atoms with van der Waals surface area (Å²) in [6, 6.07) is 7.55. The van der Waals surface area contributed by atoms with Crippen LogP contribution in [0.4, 0.5) is 5.69 Å². The molecule has 0 saturated carbocycles. The summed E-state index contributed by atoms with van der Waals surface area (Å²) in [4.78, 5) is 25.0. The first-order valence-electron chi connectivity index (χ1n) is 7.20. The summed E-state index contributed by atoms with van der Waals surface area (Å²) in [5, 5.41) is 0. The fraction of sp³-hybridized carbons (Fsp3) is 0.467. The van der Waals surface area contributed by atoms with Crippen LogP contribution < -0.4 is 20.9 Å². The molecule has 1 aromatic rings. The zero-order valence-corrected chi connectivity index (χ0v) is 12.2. The van der Waals surface area contributed by atoms with Gasteiger partial charge in [-0.05, 0) is 31.9 Å². The standard InChI is InChI=1S/C15H21N3O3/c1-11-15(20)18(10-6-2-3-9-14(19)17-16)12-7-4-5-8-13(12)21-11/h4-5,7-8,11H,2-3,6,9-10,16H2,1H3,(H,17,19). The number of unbranched alkanes of at least 4 members (excludes halogenated alkanes) is 2. The molecule has 1 aromatic carbocycles. The number of rotatable bonds is 6. The fourth-order valence-corrected chi connectivity index (χ4v) is 2.39. The van der Waals surface area contributed by atoms with Crippen LogP contribution in [-0.4, -0.2) is 24.5 Å². The Balaban J connectivity index is 1.90. The predicted molar refractivity (Wildman–Crippen MR) is 79.7 cm³/mol. The minimum atomic E-state index is -0.456. The van der Waals surface area contributed by atoms with Gasteiger partial charge in [0.15, 0.2) is 6.10 Å². The molecular weight excluding hydrogens is 270 g/mol. The predicted octanol–water partition coefficient (Wildman–Crippen LogP) is 1.35. The second-order valence-corrected chi connectivity index (χ2v) is 5.10. The number of amides is 2. The van der Waals surface area contributed by atoms with Gasteiger partial charge in [-0.15, -0.1) is 0 Å². The molecule has 1 heterocycles. The fourth-order valence-electron chi connectivity index (χ4n) is 2.39. The molecule has 0 bridgehead atoms. The summed E-state index contributed by atoms with van der Waals surface area (Å²) >= 11 is 0. The van der Waals surface area contributed by atoms with Crippen LogP contribution in [0.3, 0.4) is 0 Å². The molecule has 1 aliphatic rings. The number of carbonyl (C=O) groups is 2. The average Bonchev–Trinajstić information content (AvgIpc) is 2.50. The normalized spacial score (nSPS) is 17.1. The van der Waals surface area contributed by atoms with Crippen LogP contribution in [0.1, 0.15) is 32.6 Å². The van der Waals surface area contributed by atoms with Crippen molar-refractivity contribution < 1.29 is 14.3 Å². The van der Waals surface area contributed by atoms with Gasteiger partial charge in [-0.25, -0.2) is 5.84 Å². The Morgan fingerprint density at radius 2 is 2.10 bits per heavy atom. The Morgan fingerprint density at radius 3 is 2.86 bits per heavy atom. The number of anilines is 1. The van der Waals surface area contributed by atoms with Crippen molar-refractivity contribution in [3.63, 3.8) is 0 Å². The molecule has 0 spiro atoms. The summed E-state index contributed by atoms with van der Waals surface area (Å²) in [5.41, 5.74) is 2.93. The molecule has 21 heavy (non-hydrogen) atoms. The van der Waals surface area contributed by atoms with Gasteiger partial charge < -0.3 is 9.64 Å². The highest BCUT2D eigenvalue weighted by Crippen LogP contribution is 2.33. The number of nitrogens with zero attached hydrogens (tertiary/aromatic N) is 1. The van der Waals surface area contributed by atoms with E-state index in [1.807, 2.05) is 24.3 Å². The van der Waals surface area contributed by atoms with Crippen molar-refractivity contribution in [3.05, 3.63) is 24.3 Å². The lowest BCUT2D eigenvalue weighted by Crippen LogP contribution is -2.44. The molecule has 1 atom stereocenters. The Bertz CT molecular complexity index is 519. The number of nitrogens with two attached hydrogens (primary N) is 1. The molecule has 3 N–H and O–H groups in total. The van der Waals surface area contributed by atoms with Crippen molar-refractivity contribution in [2.24, 2.45) is 5.84 Å². The first-order valence-corrected chi connectivity index (χ1v) is 7.20. The zero-order valence-electron chi connectivity index (χ0n) is 12.2. The molecular formula is C15H21N3O3. The molecule has 1 aliphatic heterocycles. The highest BCUT2D eigenvalue weighted by atomic mass is 16.5. The highest BCUT2D eigenvalue weighted by Gasteiger charge is 2.30. The zero-order chi connectivity index (χ0) is 15.2. The molecule has 114 valence electrons. The lowest BCUT2D eigenvalue weighted by Gasteiger charge is -2.33. The Kier molecular flexibility index (Phi) is 5.16. The van der Waals surface area contributed by atoms with E-state index >= 15 is 0 Å². The van der Waals surface area contributed by atoms with Gasteiger partial charge >= 0.3 is 0 Å². The van der Waals surface area contributed by atoms with Crippen LogP contribution in [0, 0.1) is 0 Å². The number of hydrogen-bond donors (Lipinski definition) is 2. The van der Waals surface area contributed by atoms with Crippen LogP contribution >= 0.6 is 0 Å². The van der Waals surface area contributed by atoms with Gasteiger partial charge in [0, 0.05) is 13.0 Å². The van der Waals surface area contributed by atoms with E-state index in [2.05, 4.69) is 5.43 Å². The number of fused-ring (bicyclic) bond motifs is 1. The third-order valence-electron chi connectivity index (χ3n) is 3.52. The van der Waals surface area contributed by atoms with E-state index in [0.717, 1.165) is 30.7 Å². The maximum absolute atomic E-state index is 12.2. The van der Waals surface area contributed by atoms with Crippen LogP contribution in [0.15, 0.2) is 24.3 Å². The molecule has 0 saturated heterocycles. The Labute approximate surface area is 124 Å². The van der Waals surface area contributed by atoms with E-state index in [1.165, 1.54) is 0 Å².